The molecule has 0 N–H and O–H groups in total. The summed E-state index contributed by atoms with van der Waals surface area (Å²) in [5, 5.41) is 3.82. The molecule has 2 aromatic heterocycles. The van der Waals surface area contributed by atoms with Crippen molar-refractivity contribution in [1.29, 1.82) is 0 Å². The number of hydrogen-bond donors (Lipinski definition) is 0. The molecular weight excluding hydrogens is 424 g/mol. The van der Waals surface area contributed by atoms with Gasteiger partial charge in [0.15, 0.2) is 0 Å². The molecular formula is C33H20N2. The Labute approximate surface area is 202 Å². The van der Waals surface area contributed by atoms with E-state index in [4.69, 9.17) is 4.98 Å². The van der Waals surface area contributed by atoms with Crippen molar-refractivity contribution in [1.82, 2.24) is 9.38 Å². The summed E-state index contributed by atoms with van der Waals surface area (Å²) in [6.07, 6.45) is 2.05. The Hall–Kier alpha value is -4.43. The second-order valence-corrected chi connectivity index (χ2v) is 9.96. The van der Waals surface area contributed by atoms with Crippen LogP contribution in [0.4, 0.5) is 0 Å². The fourth-order valence-electron chi connectivity index (χ4n) is 6.72. The molecule has 0 unspecified atom stereocenters. The quantitative estimate of drug-likeness (QED) is 0.217. The Kier molecular flexibility index (Phi) is 3.16. The summed E-state index contributed by atoms with van der Waals surface area (Å²) >= 11 is 0. The summed E-state index contributed by atoms with van der Waals surface area (Å²) in [5.41, 5.74) is 16.0. The number of pyridine rings is 1. The van der Waals surface area contributed by atoms with Crippen LogP contribution in [0.1, 0.15) is 22.3 Å². The maximum absolute atomic E-state index is 5.12. The van der Waals surface area contributed by atoms with Crippen molar-refractivity contribution < 1.29 is 0 Å². The van der Waals surface area contributed by atoms with Crippen LogP contribution < -0.4 is 0 Å². The minimum absolute atomic E-state index is 1.01. The van der Waals surface area contributed by atoms with Crippen molar-refractivity contribution >= 4 is 38.4 Å². The Morgan fingerprint density at radius 3 is 2.14 bits per heavy atom. The molecule has 7 aromatic rings. The van der Waals surface area contributed by atoms with Gasteiger partial charge in [-0.05, 0) is 93.1 Å². The third-order valence-corrected chi connectivity index (χ3v) is 8.24. The second-order valence-electron chi connectivity index (χ2n) is 9.96. The van der Waals surface area contributed by atoms with E-state index in [-0.39, 0.29) is 0 Å². The molecule has 0 saturated heterocycles. The van der Waals surface area contributed by atoms with Crippen LogP contribution in [-0.2, 0) is 12.8 Å². The van der Waals surface area contributed by atoms with E-state index in [9.17, 15) is 0 Å². The van der Waals surface area contributed by atoms with Gasteiger partial charge >= 0.3 is 0 Å². The molecule has 2 aliphatic carbocycles. The highest BCUT2D eigenvalue weighted by Crippen LogP contribution is 2.48. The molecule has 5 aromatic carbocycles. The number of para-hydroxylation sites is 3. The Morgan fingerprint density at radius 2 is 1.23 bits per heavy atom. The monoisotopic (exact) mass is 444 g/mol. The van der Waals surface area contributed by atoms with Crippen molar-refractivity contribution in [3.63, 3.8) is 0 Å². The van der Waals surface area contributed by atoms with E-state index in [1.807, 2.05) is 0 Å². The zero-order valence-electron chi connectivity index (χ0n) is 19.0. The highest BCUT2D eigenvalue weighted by Gasteiger charge is 2.28. The predicted molar refractivity (Wildman–Crippen MR) is 144 cm³/mol. The van der Waals surface area contributed by atoms with Crippen LogP contribution in [-0.4, -0.2) is 9.38 Å². The van der Waals surface area contributed by atoms with Crippen molar-refractivity contribution in [2.24, 2.45) is 0 Å². The molecule has 2 aliphatic rings. The van der Waals surface area contributed by atoms with Crippen LogP contribution >= 0.6 is 0 Å². The lowest BCUT2D eigenvalue weighted by molar-refractivity contribution is 1.16. The fraction of sp³-hybridized carbons (Fsp3) is 0.0606. The number of benzene rings is 5. The number of imidazole rings is 1. The summed E-state index contributed by atoms with van der Waals surface area (Å²) in [4.78, 5) is 5.12. The Morgan fingerprint density at radius 1 is 0.514 bits per heavy atom. The number of rotatable bonds is 0. The summed E-state index contributed by atoms with van der Waals surface area (Å²) in [7, 11) is 0. The first-order valence-electron chi connectivity index (χ1n) is 12.3. The maximum Gasteiger partial charge on any atom is 0.146 e. The molecule has 0 atom stereocenters. The van der Waals surface area contributed by atoms with Gasteiger partial charge in [0.05, 0.1) is 16.6 Å². The highest BCUT2D eigenvalue weighted by atomic mass is 15.0. The van der Waals surface area contributed by atoms with E-state index in [1.165, 1.54) is 66.2 Å². The van der Waals surface area contributed by atoms with Gasteiger partial charge in [-0.2, -0.15) is 0 Å². The minimum Gasteiger partial charge on any atom is -0.292 e. The first-order chi connectivity index (χ1) is 17.3. The molecule has 2 heteroatoms. The average Bonchev–Trinajstić information content (AvgIpc) is 3.59. The fourth-order valence-corrected chi connectivity index (χ4v) is 6.72. The molecule has 0 bridgehead atoms. The standard InChI is InChI=1S/C33H20N2/c1-2-8-21-19(7-1)15-26-22(21)13-14-23-25-18-29-28(17-20(25)16-27(23)26)24-9-3-5-11-31(24)35-32-12-6-4-10-30(32)34-33(29)35/h1-14,17-18H,15-16H2. The third-order valence-electron chi connectivity index (χ3n) is 8.24. The van der Waals surface area contributed by atoms with Gasteiger partial charge in [-0.3, -0.25) is 4.40 Å². The van der Waals surface area contributed by atoms with Crippen molar-refractivity contribution in [3.8, 4) is 22.3 Å². The molecule has 0 aliphatic heterocycles. The van der Waals surface area contributed by atoms with Gasteiger partial charge in [0.2, 0.25) is 0 Å². The van der Waals surface area contributed by atoms with E-state index in [0.29, 0.717) is 0 Å². The normalized spacial score (nSPS) is 13.5. The number of hydrogen-bond acceptors (Lipinski definition) is 1. The summed E-state index contributed by atoms with van der Waals surface area (Å²) in [6.45, 7) is 0. The number of aromatic nitrogens is 2. The zero-order chi connectivity index (χ0) is 22.7. The van der Waals surface area contributed by atoms with Crippen LogP contribution in [0.15, 0.2) is 97.1 Å². The SMILES string of the molecule is c1ccc2c(c1)Cc1c-2ccc2c1Cc1cc3c4ccccc4n4c5ccccc5nc4c3cc1-2. The van der Waals surface area contributed by atoms with Crippen LogP contribution in [0, 0.1) is 0 Å². The Bertz CT molecular complexity index is 2060. The molecule has 0 amide bonds. The highest BCUT2D eigenvalue weighted by molar-refractivity contribution is 6.15. The number of fused-ring (bicyclic) bond motifs is 15. The molecule has 0 fully saturated rings. The molecule has 0 spiro atoms. The van der Waals surface area contributed by atoms with Crippen LogP contribution in [0.3, 0.4) is 0 Å². The van der Waals surface area contributed by atoms with Gasteiger partial charge in [0, 0.05) is 10.8 Å². The van der Waals surface area contributed by atoms with E-state index in [0.717, 1.165) is 29.5 Å². The average molecular weight is 445 g/mol. The number of nitrogens with zero attached hydrogens (tertiary/aromatic N) is 2. The first kappa shape index (κ1) is 18.0. The van der Waals surface area contributed by atoms with Crippen LogP contribution in [0.2, 0.25) is 0 Å². The largest absolute Gasteiger partial charge is 0.292 e. The lowest BCUT2D eigenvalue weighted by atomic mass is 9.96. The van der Waals surface area contributed by atoms with Crippen molar-refractivity contribution in [3.05, 3.63) is 119 Å². The lowest BCUT2D eigenvalue weighted by Gasteiger charge is -2.11. The molecule has 9 rings (SSSR count). The molecule has 162 valence electrons. The molecule has 0 saturated carbocycles. The van der Waals surface area contributed by atoms with E-state index >= 15 is 0 Å². The van der Waals surface area contributed by atoms with Gasteiger partial charge in [0.1, 0.15) is 5.65 Å². The second kappa shape index (κ2) is 6.17. The molecule has 35 heavy (non-hydrogen) atoms. The lowest BCUT2D eigenvalue weighted by Crippen LogP contribution is -1.93. The third kappa shape index (κ3) is 2.18. The zero-order valence-corrected chi connectivity index (χ0v) is 19.0. The van der Waals surface area contributed by atoms with Gasteiger partial charge in [-0.1, -0.05) is 66.7 Å². The predicted octanol–water partition coefficient (Wildman–Crippen LogP) is 7.94. The summed E-state index contributed by atoms with van der Waals surface area (Å²) < 4.78 is 2.34. The maximum atomic E-state index is 5.12. The van der Waals surface area contributed by atoms with Gasteiger partial charge < -0.3 is 0 Å². The molecule has 2 heterocycles. The van der Waals surface area contributed by atoms with Crippen LogP contribution in [0.5, 0.6) is 0 Å². The van der Waals surface area contributed by atoms with Crippen molar-refractivity contribution in [2.75, 3.05) is 0 Å². The Balaban J connectivity index is 1.38. The van der Waals surface area contributed by atoms with E-state index < -0.39 is 0 Å². The molecule has 0 radical (unpaired) electrons. The summed E-state index contributed by atoms with van der Waals surface area (Å²) in [5.74, 6) is 0. The van der Waals surface area contributed by atoms with E-state index in [1.54, 1.807) is 0 Å². The van der Waals surface area contributed by atoms with Crippen molar-refractivity contribution in [2.45, 2.75) is 12.8 Å². The first-order valence-corrected chi connectivity index (χ1v) is 12.3. The molecule has 2 nitrogen and oxygen atoms in total. The summed E-state index contributed by atoms with van der Waals surface area (Å²) in [6, 6.07) is 35.7. The topological polar surface area (TPSA) is 17.3 Å². The smallest absolute Gasteiger partial charge is 0.146 e. The van der Waals surface area contributed by atoms with E-state index in [2.05, 4.69) is 101 Å². The van der Waals surface area contributed by atoms with Gasteiger partial charge in [0.25, 0.3) is 0 Å². The minimum atomic E-state index is 1.01. The van der Waals surface area contributed by atoms with Crippen LogP contribution in [0.25, 0.3) is 60.6 Å². The van der Waals surface area contributed by atoms with Gasteiger partial charge in [-0.25, -0.2) is 4.98 Å². The van der Waals surface area contributed by atoms with Gasteiger partial charge in [-0.15, -0.1) is 0 Å².